The first kappa shape index (κ1) is 9.80. The summed E-state index contributed by atoms with van der Waals surface area (Å²) in [6.07, 6.45) is 3.81. The zero-order valence-electron chi connectivity index (χ0n) is 6.07. The van der Waals surface area contributed by atoms with Gasteiger partial charge in [-0.05, 0) is 25.0 Å². The van der Waals surface area contributed by atoms with Crippen molar-refractivity contribution >= 4 is 23.2 Å². The number of allylic oxidation sites excluding steroid dienone is 4. The van der Waals surface area contributed by atoms with Crippen molar-refractivity contribution in [2.45, 2.75) is 13.8 Å². The van der Waals surface area contributed by atoms with Crippen LogP contribution < -0.4 is 0 Å². The molecule has 0 nitrogen and oxygen atoms in total. The van der Waals surface area contributed by atoms with E-state index in [0.29, 0.717) is 0 Å². The molecular weight excluding hydrogens is 167 g/mol. The van der Waals surface area contributed by atoms with Crippen LogP contribution in [0.15, 0.2) is 34.4 Å². The van der Waals surface area contributed by atoms with E-state index in [1.54, 1.807) is 0 Å². The minimum absolute atomic E-state index is 1.01. The van der Waals surface area contributed by atoms with E-state index >= 15 is 0 Å². The molecule has 0 unspecified atom stereocenters. The van der Waals surface area contributed by atoms with Crippen molar-refractivity contribution < 1.29 is 0 Å². The Labute approximate surface area is 71.8 Å². The molecule has 0 heterocycles. The predicted molar refractivity (Wildman–Crippen MR) is 48.4 cm³/mol. The Morgan fingerprint density at radius 2 is 1.20 bits per heavy atom. The molecule has 0 aliphatic heterocycles. The maximum absolute atomic E-state index is 5.41. The van der Waals surface area contributed by atoms with Gasteiger partial charge >= 0.3 is 0 Å². The van der Waals surface area contributed by atoms with Gasteiger partial charge in [-0.2, -0.15) is 0 Å². The molecule has 0 amide bonds. The van der Waals surface area contributed by atoms with E-state index in [-0.39, 0.29) is 0 Å². The van der Waals surface area contributed by atoms with Crippen LogP contribution in [0.25, 0.3) is 0 Å². The monoisotopic (exact) mass is 176 g/mol. The molecule has 10 heavy (non-hydrogen) atoms. The third kappa shape index (κ3) is 4.66. The molecular formula is C8H10Cl2. The molecule has 0 aromatic carbocycles. The first-order valence-electron chi connectivity index (χ1n) is 2.92. The van der Waals surface area contributed by atoms with E-state index in [2.05, 4.69) is 0 Å². The first-order chi connectivity index (χ1) is 4.70. The van der Waals surface area contributed by atoms with E-state index in [0.717, 1.165) is 11.1 Å². The molecule has 0 aliphatic rings. The molecule has 0 spiro atoms. The van der Waals surface area contributed by atoms with Crippen molar-refractivity contribution in [3.8, 4) is 0 Å². The molecule has 0 fully saturated rings. The molecule has 0 rings (SSSR count). The lowest BCUT2D eigenvalue weighted by Crippen LogP contribution is -1.66. The van der Waals surface area contributed by atoms with E-state index in [1.165, 1.54) is 11.1 Å². The third-order valence-electron chi connectivity index (χ3n) is 0.953. The highest BCUT2D eigenvalue weighted by Crippen LogP contribution is 2.02. The van der Waals surface area contributed by atoms with E-state index in [9.17, 15) is 0 Å². The van der Waals surface area contributed by atoms with Crippen LogP contribution in [0, 0.1) is 0 Å². The van der Waals surface area contributed by atoms with Crippen LogP contribution in [0.4, 0.5) is 0 Å². The SMILES string of the molecule is CC(/C=C/C(C)=C/Cl)=C\Cl. The summed E-state index contributed by atoms with van der Waals surface area (Å²) in [6.45, 7) is 3.84. The van der Waals surface area contributed by atoms with Gasteiger partial charge in [0.2, 0.25) is 0 Å². The van der Waals surface area contributed by atoms with Gasteiger partial charge in [-0.25, -0.2) is 0 Å². The Morgan fingerprint density at radius 3 is 1.40 bits per heavy atom. The summed E-state index contributed by atoms with van der Waals surface area (Å²) in [4.78, 5) is 0. The molecule has 0 radical (unpaired) electrons. The maximum atomic E-state index is 5.41. The highest BCUT2D eigenvalue weighted by atomic mass is 35.5. The summed E-state index contributed by atoms with van der Waals surface area (Å²) in [6, 6.07) is 0. The largest absolute Gasteiger partial charge is 0.0927 e. The van der Waals surface area contributed by atoms with E-state index < -0.39 is 0 Å². The Kier molecular flexibility index (Phi) is 5.46. The zero-order valence-corrected chi connectivity index (χ0v) is 7.58. The predicted octanol–water partition coefficient (Wildman–Crippen LogP) is 3.83. The fourth-order valence-electron chi connectivity index (χ4n) is 0.336. The van der Waals surface area contributed by atoms with Gasteiger partial charge in [0, 0.05) is 11.1 Å². The maximum Gasteiger partial charge on any atom is 0.00717 e. The molecule has 0 bridgehead atoms. The Bertz CT molecular complexity index is 156. The number of halogens is 2. The van der Waals surface area contributed by atoms with Gasteiger partial charge in [-0.3, -0.25) is 0 Å². The second-order valence-corrected chi connectivity index (χ2v) is 2.48. The van der Waals surface area contributed by atoms with Crippen molar-refractivity contribution in [2.24, 2.45) is 0 Å². The summed E-state index contributed by atoms with van der Waals surface area (Å²) >= 11 is 10.8. The van der Waals surface area contributed by atoms with Crippen LogP contribution in [-0.2, 0) is 0 Å². The molecule has 56 valence electrons. The molecule has 0 atom stereocenters. The molecule has 0 saturated heterocycles. The van der Waals surface area contributed by atoms with Crippen molar-refractivity contribution in [1.82, 2.24) is 0 Å². The highest BCUT2D eigenvalue weighted by molar-refractivity contribution is 6.26. The van der Waals surface area contributed by atoms with Gasteiger partial charge in [0.15, 0.2) is 0 Å². The first-order valence-corrected chi connectivity index (χ1v) is 3.80. The van der Waals surface area contributed by atoms with Crippen LogP contribution >= 0.6 is 23.2 Å². The van der Waals surface area contributed by atoms with Crippen LogP contribution in [-0.4, -0.2) is 0 Å². The van der Waals surface area contributed by atoms with Crippen molar-refractivity contribution in [2.75, 3.05) is 0 Å². The molecule has 0 aromatic rings. The van der Waals surface area contributed by atoms with Crippen molar-refractivity contribution in [3.05, 3.63) is 34.4 Å². The number of hydrogen-bond acceptors (Lipinski definition) is 0. The van der Waals surface area contributed by atoms with Gasteiger partial charge in [0.25, 0.3) is 0 Å². The minimum atomic E-state index is 1.01. The van der Waals surface area contributed by atoms with Gasteiger partial charge in [-0.1, -0.05) is 35.4 Å². The second-order valence-electron chi connectivity index (χ2n) is 2.04. The summed E-state index contributed by atoms with van der Waals surface area (Å²) in [5, 5.41) is 0. The highest BCUT2D eigenvalue weighted by Gasteiger charge is 1.79. The topological polar surface area (TPSA) is 0 Å². The zero-order chi connectivity index (χ0) is 7.98. The quantitative estimate of drug-likeness (QED) is 0.562. The van der Waals surface area contributed by atoms with E-state index in [1.807, 2.05) is 26.0 Å². The Morgan fingerprint density at radius 1 is 0.900 bits per heavy atom. The lowest BCUT2D eigenvalue weighted by molar-refractivity contribution is 1.49. The Hall–Kier alpha value is -0.200. The Balaban J connectivity index is 4.01. The fraction of sp³-hybridized carbons (Fsp3) is 0.250. The average Bonchev–Trinajstić information content (AvgIpc) is 1.99. The minimum Gasteiger partial charge on any atom is -0.0927 e. The lowest BCUT2D eigenvalue weighted by Gasteiger charge is -1.87. The van der Waals surface area contributed by atoms with Gasteiger partial charge in [0.05, 0.1) is 0 Å². The second kappa shape index (κ2) is 5.57. The molecule has 0 aliphatic carbocycles. The van der Waals surface area contributed by atoms with Gasteiger partial charge in [0.1, 0.15) is 0 Å². The third-order valence-corrected chi connectivity index (χ3v) is 1.64. The standard InChI is InChI=1S/C8H10Cl2/c1-7(5-9)3-4-8(2)6-10/h3-6H,1-2H3/b4-3+,7-5+,8-6+. The molecule has 0 saturated carbocycles. The average molecular weight is 177 g/mol. The lowest BCUT2D eigenvalue weighted by atomic mass is 10.2. The summed E-state index contributed by atoms with van der Waals surface area (Å²) in [7, 11) is 0. The van der Waals surface area contributed by atoms with Crippen molar-refractivity contribution in [1.29, 1.82) is 0 Å². The van der Waals surface area contributed by atoms with Gasteiger partial charge in [-0.15, -0.1) is 0 Å². The number of hydrogen-bond donors (Lipinski definition) is 0. The molecule has 2 heteroatoms. The van der Waals surface area contributed by atoms with Crippen LogP contribution in [0.1, 0.15) is 13.8 Å². The summed E-state index contributed by atoms with van der Waals surface area (Å²) < 4.78 is 0. The fourth-order valence-corrected chi connectivity index (χ4v) is 0.481. The number of rotatable bonds is 2. The van der Waals surface area contributed by atoms with Crippen LogP contribution in [0.3, 0.4) is 0 Å². The van der Waals surface area contributed by atoms with E-state index in [4.69, 9.17) is 23.2 Å². The summed E-state index contributed by atoms with van der Waals surface area (Å²) in [5.74, 6) is 0. The molecule has 0 aromatic heterocycles. The van der Waals surface area contributed by atoms with Crippen LogP contribution in [0.5, 0.6) is 0 Å². The molecule has 0 N–H and O–H groups in total. The summed E-state index contributed by atoms with van der Waals surface area (Å²) in [5.41, 5.74) is 5.08. The van der Waals surface area contributed by atoms with Crippen LogP contribution in [0.2, 0.25) is 0 Å². The van der Waals surface area contributed by atoms with Crippen molar-refractivity contribution in [3.63, 3.8) is 0 Å². The normalized spacial score (nSPS) is 14.8. The smallest absolute Gasteiger partial charge is 0.00717 e. The van der Waals surface area contributed by atoms with Gasteiger partial charge < -0.3 is 0 Å².